The molecule has 2 aromatic rings. The average molecular weight is 435 g/mol. The van der Waals surface area contributed by atoms with Gasteiger partial charge in [0.15, 0.2) is 0 Å². The smallest absolute Gasteiger partial charge is 0.250 e. The Bertz CT molecular complexity index is 963. The van der Waals surface area contributed by atoms with E-state index in [4.69, 9.17) is 23.8 Å². The van der Waals surface area contributed by atoms with Crippen LogP contribution in [0.1, 0.15) is 18.0 Å². The quantitative estimate of drug-likeness (QED) is 0.749. The normalized spacial score (nSPS) is 20.4. The summed E-state index contributed by atoms with van der Waals surface area (Å²) in [7, 11) is 0. The summed E-state index contributed by atoms with van der Waals surface area (Å²) >= 11 is 12.7. The number of likely N-dealkylation sites (tertiary alicyclic amines) is 1. The number of amides is 1. The molecule has 9 heteroatoms. The number of anilines is 1. The van der Waals surface area contributed by atoms with Crippen LogP contribution in [0.4, 0.5) is 5.82 Å². The first kappa shape index (κ1) is 19.4. The summed E-state index contributed by atoms with van der Waals surface area (Å²) in [6, 6.07) is 8.83. The van der Waals surface area contributed by atoms with Crippen molar-refractivity contribution in [3.8, 4) is 0 Å². The molecule has 1 N–H and O–H groups in total. The molecule has 0 aliphatic carbocycles. The Kier molecular flexibility index (Phi) is 5.70. The van der Waals surface area contributed by atoms with Gasteiger partial charge in [-0.2, -0.15) is 0 Å². The molecule has 2 bridgehead atoms. The van der Waals surface area contributed by atoms with Gasteiger partial charge in [-0.25, -0.2) is 4.98 Å². The first-order valence-corrected chi connectivity index (χ1v) is 10.8. The number of halogens is 1. The number of pyridine rings is 2. The van der Waals surface area contributed by atoms with E-state index in [0.29, 0.717) is 22.7 Å². The molecule has 2 atom stereocenters. The third kappa shape index (κ3) is 4.24. The van der Waals surface area contributed by atoms with Crippen LogP contribution >= 0.6 is 35.6 Å². The third-order valence-electron chi connectivity index (χ3n) is 5.06. The maximum atomic E-state index is 12.2. The SMILES string of the molecule is O=C(CSC(=S)N1C[C@@H]2C[C@H](C1)c1cccc(=O)n1C2)Nc1ccc(Cl)cn1. The summed E-state index contributed by atoms with van der Waals surface area (Å²) < 4.78 is 2.62. The molecule has 146 valence electrons. The molecule has 0 spiro atoms. The van der Waals surface area contributed by atoms with Crippen LogP contribution in [0.5, 0.6) is 0 Å². The maximum Gasteiger partial charge on any atom is 0.250 e. The first-order chi connectivity index (χ1) is 13.5. The number of nitrogens with one attached hydrogen (secondary N) is 1. The Balaban J connectivity index is 1.34. The summed E-state index contributed by atoms with van der Waals surface area (Å²) in [5, 5.41) is 3.26. The molecule has 1 amide bonds. The Morgan fingerprint density at radius 3 is 2.93 bits per heavy atom. The molecule has 4 heterocycles. The summed E-state index contributed by atoms with van der Waals surface area (Å²) in [5.41, 5.74) is 1.16. The van der Waals surface area contributed by atoms with Gasteiger partial charge in [0.1, 0.15) is 10.1 Å². The Morgan fingerprint density at radius 2 is 2.14 bits per heavy atom. The fourth-order valence-corrected chi connectivity index (χ4v) is 4.99. The molecule has 4 rings (SSSR count). The summed E-state index contributed by atoms with van der Waals surface area (Å²) in [5.74, 6) is 1.24. The second-order valence-electron chi connectivity index (χ2n) is 7.07. The minimum absolute atomic E-state index is 0.0741. The minimum Gasteiger partial charge on any atom is -0.356 e. The number of aromatic nitrogens is 2. The summed E-state index contributed by atoms with van der Waals surface area (Å²) in [4.78, 5) is 30.5. The lowest BCUT2D eigenvalue weighted by Crippen LogP contribution is -2.48. The van der Waals surface area contributed by atoms with E-state index in [-0.39, 0.29) is 17.2 Å². The van der Waals surface area contributed by atoms with Gasteiger partial charge >= 0.3 is 0 Å². The van der Waals surface area contributed by atoms with Crippen LogP contribution in [0.3, 0.4) is 0 Å². The van der Waals surface area contributed by atoms with Crippen molar-refractivity contribution in [3.63, 3.8) is 0 Å². The number of rotatable bonds is 3. The molecule has 1 fully saturated rings. The molecular weight excluding hydrogens is 416 g/mol. The van der Waals surface area contributed by atoms with Gasteiger partial charge in [-0.3, -0.25) is 9.59 Å². The number of thiocarbonyl (C=S) groups is 1. The van der Waals surface area contributed by atoms with Crippen LogP contribution in [0.25, 0.3) is 0 Å². The number of carbonyl (C=O) groups is 1. The van der Waals surface area contributed by atoms with E-state index < -0.39 is 0 Å². The fourth-order valence-electron chi connectivity index (χ4n) is 3.89. The average Bonchev–Trinajstić information content (AvgIpc) is 2.68. The number of nitrogens with zero attached hydrogens (tertiary/aromatic N) is 3. The van der Waals surface area contributed by atoms with Crippen LogP contribution < -0.4 is 10.9 Å². The van der Waals surface area contributed by atoms with Crippen molar-refractivity contribution >= 4 is 51.6 Å². The lowest BCUT2D eigenvalue weighted by Gasteiger charge is -2.43. The number of carbonyl (C=O) groups excluding carboxylic acids is 1. The number of hydrogen-bond acceptors (Lipinski definition) is 5. The second kappa shape index (κ2) is 8.23. The van der Waals surface area contributed by atoms with E-state index in [9.17, 15) is 9.59 Å². The van der Waals surface area contributed by atoms with Crippen LogP contribution in [-0.2, 0) is 11.3 Å². The van der Waals surface area contributed by atoms with Crippen LogP contribution in [0.2, 0.25) is 5.02 Å². The van der Waals surface area contributed by atoms with Crippen LogP contribution in [-0.4, -0.2) is 43.5 Å². The van der Waals surface area contributed by atoms with E-state index in [0.717, 1.165) is 36.1 Å². The zero-order valence-corrected chi connectivity index (χ0v) is 17.4. The standard InChI is InChI=1S/C19H19ClN4O2S2/c20-14-4-5-16(21-7-14)22-17(25)11-28-19(27)23-8-12-6-13(10-23)15-2-1-3-18(26)24(15)9-12/h1-5,7,12-13H,6,8-11H2,(H,21,22,25)/t12-,13+/m0/s1. The molecule has 6 nitrogen and oxygen atoms in total. The largest absolute Gasteiger partial charge is 0.356 e. The lowest BCUT2D eigenvalue weighted by atomic mass is 9.83. The number of thioether (sulfide) groups is 1. The van der Waals surface area contributed by atoms with E-state index in [1.807, 2.05) is 16.7 Å². The summed E-state index contributed by atoms with van der Waals surface area (Å²) in [6.45, 7) is 2.34. The van der Waals surface area contributed by atoms with Crippen molar-refractivity contribution in [2.45, 2.75) is 18.9 Å². The highest BCUT2D eigenvalue weighted by Gasteiger charge is 2.35. The van der Waals surface area contributed by atoms with Crippen LogP contribution in [0, 0.1) is 5.92 Å². The molecule has 28 heavy (non-hydrogen) atoms. The van der Waals surface area contributed by atoms with Crippen molar-refractivity contribution in [1.29, 1.82) is 0 Å². The molecular formula is C19H19ClN4O2S2. The zero-order chi connectivity index (χ0) is 19.7. The van der Waals surface area contributed by atoms with Crippen LogP contribution in [0.15, 0.2) is 41.3 Å². The van der Waals surface area contributed by atoms with Crippen molar-refractivity contribution in [1.82, 2.24) is 14.5 Å². The van der Waals surface area contributed by atoms with Gasteiger partial charge in [0.05, 0.1) is 10.8 Å². The van der Waals surface area contributed by atoms with Gasteiger partial charge in [0.25, 0.3) is 5.56 Å². The molecule has 2 aliphatic rings. The number of fused-ring (bicyclic) bond motifs is 4. The Morgan fingerprint density at radius 1 is 1.29 bits per heavy atom. The van der Waals surface area contributed by atoms with Crippen molar-refractivity contribution in [2.24, 2.45) is 5.92 Å². The van der Waals surface area contributed by atoms with Gasteiger partial charge in [-0.1, -0.05) is 41.6 Å². The molecule has 0 unspecified atom stereocenters. The van der Waals surface area contributed by atoms with E-state index in [1.54, 1.807) is 18.2 Å². The molecule has 2 aromatic heterocycles. The summed E-state index contributed by atoms with van der Waals surface area (Å²) in [6.07, 6.45) is 2.57. The predicted molar refractivity (Wildman–Crippen MR) is 116 cm³/mol. The highest BCUT2D eigenvalue weighted by Crippen LogP contribution is 2.36. The van der Waals surface area contributed by atoms with E-state index >= 15 is 0 Å². The molecule has 2 aliphatic heterocycles. The molecule has 0 saturated carbocycles. The lowest BCUT2D eigenvalue weighted by molar-refractivity contribution is -0.113. The van der Waals surface area contributed by atoms with E-state index in [2.05, 4.69) is 15.2 Å². The van der Waals surface area contributed by atoms with E-state index in [1.165, 1.54) is 18.0 Å². The number of hydrogen-bond donors (Lipinski definition) is 1. The highest BCUT2D eigenvalue weighted by atomic mass is 35.5. The molecule has 0 radical (unpaired) electrons. The Hall–Kier alpha value is -1.90. The zero-order valence-electron chi connectivity index (χ0n) is 15.0. The monoisotopic (exact) mass is 434 g/mol. The van der Waals surface area contributed by atoms with Crippen molar-refractivity contribution in [3.05, 3.63) is 57.6 Å². The Labute approximate surface area is 177 Å². The fraction of sp³-hybridized carbons (Fsp3) is 0.368. The maximum absolute atomic E-state index is 12.2. The van der Waals surface area contributed by atoms with Gasteiger partial charge in [-0.05, 0) is 30.5 Å². The first-order valence-electron chi connectivity index (χ1n) is 9.02. The van der Waals surface area contributed by atoms with Crippen molar-refractivity contribution in [2.75, 3.05) is 24.2 Å². The molecule has 1 saturated heterocycles. The van der Waals surface area contributed by atoms with Crippen molar-refractivity contribution < 1.29 is 4.79 Å². The van der Waals surface area contributed by atoms with Gasteiger partial charge in [0.2, 0.25) is 5.91 Å². The highest BCUT2D eigenvalue weighted by molar-refractivity contribution is 8.23. The topological polar surface area (TPSA) is 67.2 Å². The van der Waals surface area contributed by atoms with Gasteiger partial charge in [0, 0.05) is 43.5 Å². The third-order valence-corrected chi connectivity index (χ3v) is 6.81. The predicted octanol–water partition coefficient (Wildman–Crippen LogP) is 2.97. The van der Waals surface area contributed by atoms with Gasteiger partial charge in [-0.15, -0.1) is 0 Å². The number of piperidine rings is 1. The minimum atomic E-state index is -0.156. The van der Waals surface area contributed by atoms with Gasteiger partial charge < -0.3 is 14.8 Å². The second-order valence-corrected chi connectivity index (χ2v) is 9.11. The molecule has 0 aromatic carbocycles.